The Hall–Kier alpha value is -1.03. The van der Waals surface area contributed by atoms with Gasteiger partial charge in [0.15, 0.2) is 17.3 Å². The third kappa shape index (κ3) is 2.96. The van der Waals surface area contributed by atoms with E-state index in [4.69, 9.17) is 4.74 Å². The second-order valence-electron chi connectivity index (χ2n) is 2.95. The molecule has 0 aliphatic rings. The molecule has 1 rings (SSSR count). The number of hydrogen-bond donors (Lipinski definition) is 1. The molecule has 82 valence electrons. The predicted molar refractivity (Wildman–Crippen MR) is 62.0 cm³/mol. The van der Waals surface area contributed by atoms with E-state index in [-0.39, 0.29) is 17.3 Å². The van der Waals surface area contributed by atoms with Crippen molar-refractivity contribution in [2.24, 2.45) is 0 Å². The maximum absolute atomic E-state index is 11.7. The lowest BCUT2D eigenvalue weighted by atomic mass is 10.1. The zero-order valence-corrected chi connectivity index (χ0v) is 10.1. The van der Waals surface area contributed by atoms with Crippen molar-refractivity contribution < 1.29 is 14.6 Å². The van der Waals surface area contributed by atoms with E-state index in [0.717, 1.165) is 0 Å². The highest BCUT2D eigenvalue weighted by Gasteiger charge is 2.14. The molecule has 0 spiro atoms. The van der Waals surface area contributed by atoms with E-state index in [1.807, 2.05) is 6.92 Å². The van der Waals surface area contributed by atoms with Gasteiger partial charge in [0.1, 0.15) is 0 Å². The first kappa shape index (κ1) is 12.0. The molecule has 0 amide bonds. The summed E-state index contributed by atoms with van der Waals surface area (Å²) < 4.78 is 5.25. The highest BCUT2D eigenvalue weighted by molar-refractivity contribution is 9.09. The van der Waals surface area contributed by atoms with Crippen LogP contribution in [0.25, 0.3) is 0 Å². The molecule has 0 heterocycles. The van der Waals surface area contributed by atoms with Crippen molar-refractivity contribution in [3.05, 3.63) is 23.8 Å². The zero-order chi connectivity index (χ0) is 11.3. The molecule has 4 heteroatoms. The molecule has 15 heavy (non-hydrogen) atoms. The van der Waals surface area contributed by atoms with Crippen LogP contribution in [-0.4, -0.2) is 22.8 Å². The van der Waals surface area contributed by atoms with Crippen LogP contribution in [0.2, 0.25) is 0 Å². The number of hydrogen-bond acceptors (Lipinski definition) is 3. The Balaban J connectivity index is 3.04. The van der Waals surface area contributed by atoms with Crippen LogP contribution in [0.5, 0.6) is 11.5 Å². The fraction of sp³-hybridized carbons (Fsp3) is 0.364. The monoisotopic (exact) mass is 272 g/mol. The molecule has 0 fully saturated rings. The van der Waals surface area contributed by atoms with Crippen molar-refractivity contribution in [2.45, 2.75) is 13.3 Å². The van der Waals surface area contributed by atoms with Crippen LogP contribution in [0.15, 0.2) is 18.2 Å². The second kappa shape index (κ2) is 5.75. The number of alkyl halides is 1. The Kier molecular flexibility index (Phi) is 4.62. The van der Waals surface area contributed by atoms with Crippen LogP contribution in [0.1, 0.15) is 23.7 Å². The highest BCUT2D eigenvalue weighted by atomic mass is 79.9. The standard InChI is InChI=1S/C11H13BrO3/c1-2-15-11-8(9(13)6-7-12)4-3-5-10(11)14/h3-5,14H,2,6-7H2,1H3. The fourth-order valence-electron chi connectivity index (χ4n) is 1.26. The molecule has 0 radical (unpaired) electrons. The van der Waals surface area contributed by atoms with Gasteiger partial charge in [-0.05, 0) is 19.1 Å². The van der Waals surface area contributed by atoms with Gasteiger partial charge in [0.25, 0.3) is 0 Å². The number of halogens is 1. The Bertz CT molecular complexity index is 350. The van der Waals surface area contributed by atoms with Gasteiger partial charge < -0.3 is 9.84 Å². The Morgan fingerprint density at radius 1 is 1.53 bits per heavy atom. The van der Waals surface area contributed by atoms with Crippen molar-refractivity contribution in [1.82, 2.24) is 0 Å². The molecule has 0 saturated carbocycles. The summed E-state index contributed by atoms with van der Waals surface area (Å²) in [6.45, 7) is 2.23. The smallest absolute Gasteiger partial charge is 0.171 e. The third-order valence-corrected chi connectivity index (χ3v) is 2.30. The Morgan fingerprint density at radius 2 is 2.27 bits per heavy atom. The third-order valence-electron chi connectivity index (χ3n) is 1.90. The van der Waals surface area contributed by atoms with E-state index in [0.29, 0.717) is 23.9 Å². The summed E-state index contributed by atoms with van der Waals surface area (Å²) >= 11 is 3.21. The summed E-state index contributed by atoms with van der Waals surface area (Å²) in [6, 6.07) is 4.81. The molecule has 0 aromatic heterocycles. The van der Waals surface area contributed by atoms with Crippen molar-refractivity contribution in [2.75, 3.05) is 11.9 Å². The van der Waals surface area contributed by atoms with E-state index in [9.17, 15) is 9.90 Å². The van der Waals surface area contributed by atoms with Gasteiger partial charge in [0, 0.05) is 11.8 Å². The molecule has 0 unspecified atom stereocenters. The lowest BCUT2D eigenvalue weighted by Crippen LogP contribution is -2.04. The van der Waals surface area contributed by atoms with E-state index >= 15 is 0 Å². The Morgan fingerprint density at radius 3 is 2.87 bits per heavy atom. The van der Waals surface area contributed by atoms with E-state index < -0.39 is 0 Å². The largest absolute Gasteiger partial charge is 0.504 e. The minimum atomic E-state index is -0.0359. The predicted octanol–water partition coefficient (Wildman–Crippen LogP) is 2.76. The Labute approximate surface area is 97.2 Å². The molecule has 1 aromatic carbocycles. The average molecular weight is 273 g/mol. The molecule has 1 N–H and O–H groups in total. The topological polar surface area (TPSA) is 46.5 Å². The summed E-state index contributed by atoms with van der Waals surface area (Å²) in [7, 11) is 0. The summed E-state index contributed by atoms with van der Waals surface area (Å²) in [5, 5.41) is 10.2. The van der Waals surface area contributed by atoms with Crippen molar-refractivity contribution in [3.63, 3.8) is 0 Å². The summed E-state index contributed by atoms with van der Waals surface area (Å²) in [5.41, 5.74) is 0.441. The molecule has 0 aliphatic heterocycles. The van der Waals surface area contributed by atoms with Crippen LogP contribution < -0.4 is 4.74 Å². The number of ether oxygens (including phenoxy) is 1. The fourth-order valence-corrected chi connectivity index (χ4v) is 1.62. The molecule has 0 saturated heterocycles. The number of carbonyl (C=O) groups excluding carboxylic acids is 1. The van der Waals surface area contributed by atoms with E-state index in [1.54, 1.807) is 12.1 Å². The minimum Gasteiger partial charge on any atom is -0.504 e. The van der Waals surface area contributed by atoms with Gasteiger partial charge >= 0.3 is 0 Å². The quantitative estimate of drug-likeness (QED) is 0.662. The van der Waals surface area contributed by atoms with Crippen LogP contribution in [0.4, 0.5) is 0 Å². The second-order valence-corrected chi connectivity index (χ2v) is 3.74. The van der Waals surface area contributed by atoms with E-state index in [1.165, 1.54) is 6.07 Å². The maximum Gasteiger partial charge on any atom is 0.171 e. The number of phenols is 1. The molecular formula is C11H13BrO3. The lowest BCUT2D eigenvalue weighted by molar-refractivity contribution is 0.0985. The number of aromatic hydroxyl groups is 1. The van der Waals surface area contributed by atoms with Crippen molar-refractivity contribution >= 4 is 21.7 Å². The normalized spacial score (nSPS) is 10.0. The molecule has 0 bridgehead atoms. The lowest BCUT2D eigenvalue weighted by Gasteiger charge is -2.10. The number of carbonyl (C=O) groups is 1. The highest BCUT2D eigenvalue weighted by Crippen LogP contribution is 2.30. The van der Waals surface area contributed by atoms with Gasteiger partial charge in [-0.15, -0.1) is 0 Å². The minimum absolute atomic E-state index is 0.0114. The van der Waals surface area contributed by atoms with Crippen molar-refractivity contribution in [1.29, 1.82) is 0 Å². The molecule has 3 nitrogen and oxygen atoms in total. The number of ketones is 1. The number of benzene rings is 1. The summed E-state index contributed by atoms with van der Waals surface area (Å²) in [6.07, 6.45) is 0.392. The van der Waals surface area contributed by atoms with Gasteiger partial charge in [0.2, 0.25) is 0 Å². The zero-order valence-electron chi connectivity index (χ0n) is 8.50. The number of para-hydroxylation sites is 1. The molecule has 0 atom stereocenters. The van der Waals surface area contributed by atoms with Gasteiger partial charge in [-0.25, -0.2) is 0 Å². The van der Waals surface area contributed by atoms with Crippen LogP contribution in [0.3, 0.4) is 0 Å². The van der Waals surface area contributed by atoms with Crippen LogP contribution in [0, 0.1) is 0 Å². The molecule has 0 aliphatic carbocycles. The van der Waals surface area contributed by atoms with E-state index in [2.05, 4.69) is 15.9 Å². The van der Waals surface area contributed by atoms with Crippen molar-refractivity contribution in [3.8, 4) is 11.5 Å². The maximum atomic E-state index is 11.7. The van der Waals surface area contributed by atoms with Gasteiger partial charge in [-0.1, -0.05) is 22.0 Å². The number of phenolic OH excluding ortho intramolecular Hbond substituents is 1. The molecular weight excluding hydrogens is 260 g/mol. The van der Waals surface area contributed by atoms with Crippen LogP contribution in [-0.2, 0) is 0 Å². The van der Waals surface area contributed by atoms with Gasteiger partial charge in [-0.2, -0.15) is 0 Å². The van der Waals surface area contributed by atoms with Gasteiger partial charge in [0.05, 0.1) is 12.2 Å². The van der Waals surface area contributed by atoms with Gasteiger partial charge in [-0.3, -0.25) is 4.79 Å². The first-order chi connectivity index (χ1) is 7.20. The first-order valence-corrected chi connectivity index (χ1v) is 5.86. The summed E-state index contributed by atoms with van der Waals surface area (Å²) in [4.78, 5) is 11.7. The van der Waals surface area contributed by atoms with Crippen LogP contribution >= 0.6 is 15.9 Å². The first-order valence-electron chi connectivity index (χ1n) is 4.74. The average Bonchev–Trinajstić information content (AvgIpc) is 2.21. The number of rotatable bonds is 5. The molecule has 1 aromatic rings. The number of Topliss-reactive ketones (excluding diaryl/α,β-unsaturated/α-hetero) is 1. The SMILES string of the molecule is CCOc1c(O)cccc1C(=O)CCBr. The summed E-state index contributed by atoms with van der Waals surface area (Å²) in [5.74, 6) is 0.259.